The van der Waals surface area contributed by atoms with Gasteiger partial charge in [0.15, 0.2) is 0 Å². The minimum absolute atomic E-state index is 0.180. The first-order valence-corrected chi connectivity index (χ1v) is 5.81. The highest BCUT2D eigenvalue weighted by Gasteiger charge is 2.02. The molecule has 4 nitrogen and oxygen atoms in total. The number of nitrogens with two attached hydrogens (primary N) is 1. The second kappa shape index (κ2) is 6.55. The SMILES string of the molecule is NNCCCCSc1cc(O)ccc1O. The van der Waals surface area contributed by atoms with Crippen molar-refractivity contribution in [2.75, 3.05) is 12.3 Å². The lowest BCUT2D eigenvalue weighted by Gasteiger charge is -2.04. The third kappa shape index (κ3) is 4.42. The van der Waals surface area contributed by atoms with Crippen LogP contribution in [0.2, 0.25) is 0 Å². The van der Waals surface area contributed by atoms with Crippen LogP contribution >= 0.6 is 11.8 Å². The molecular formula is C10H16N2O2S. The summed E-state index contributed by atoms with van der Waals surface area (Å²) in [6.07, 6.45) is 2.02. The van der Waals surface area contributed by atoms with Gasteiger partial charge in [0.1, 0.15) is 11.5 Å². The first-order chi connectivity index (χ1) is 7.24. The minimum Gasteiger partial charge on any atom is -0.508 e. The van der Waals surface area contributed by atoms with Gasteiger partial charge >= 0.3 is 0 Å². The van der Waals surface area contributed by atoms with Crippen LogP contribution in [0.3, 0.4) is 0 Å². The van der Waals surface area contributed by atoms with Gasteiger partial charge in [0.2, 0.25) is 0 Å². The van der Waals surface area contributed by atoms with E-state index in [1.54, 1.807) is 6.07 Å². The largest absolute Gasteiger partial charge is 0.508 e. The summed E-state index contributed by atoms with van der Waals surface area (Å²) < 4.78 is 0. The van der Waals surface area contributed by atoms with Crippen LogP contribution in [0.5, 0.6) is 11.5 Å². The molecule has 0 fully saturated rings. The maximum atomic E-state index is 9.47. The lowest BCUT2D eigenvalue weighted by Crippen LogP contribution is -2.22. The van der Waals surface area contributed by atoms with E-state index in [0.717, 1.165) is 30.0 Å². The molecule has 0 atom stereocenters. The summed E-state index contributed by atoms with van der Waals surface area (Å²) in [6, 6.07) is 4.54. The van der Waals surface area contributed by atoms with Gasteiger partial charge in [-0.05, 0) is 36.8 Å². The first kappa shape index (κ1) is 12.2. The fraction of sp³-hybridized carbons (Fsp3) is 0.400. The number of hydrogen-bond acceptors (Lipinski definition) is 5. The topological polar surface area (TPSA) is 78.5 Å². The Balaban J connectivity index is 2.33. The number of hydrogen-bond donors (Lipinski definition) is 4. The van der Waals surface area contributed by atoms with Gasteiger partial charge in [0.25, 0.3) is 0 Å². The van der Waals surface area contributed by atoms with E-state index in [-0.39, 0.29) is 11.5 Å². The van der Waals surface area contributed by atoms with Crippen molar-refractivity contribution >= 4 is 11.8 Å². The molecular weight excluding hydrogens is 212 g/mol. The fourth-order valence-electron chi connectivity index (χ4n) is 1.13. The Bertz CT molecular complexity index is 307. The van der Waals surface area contributed by atoms with Crippen LogP contribution in [0, 0.1) is 0 Å². The lowest BCUT2D eigenvalue weighted by molar-refractivity contribution is 0.448. The van der Waals surface area contributed by atoms with Crippen molar-refractivity contribution in [2.45, 2.75) is 17.7 Å². The number of hydrazine groups is 1. The third-order valence-corrected chi connectivity index (χ3v) is 3.05. The molecule has 5 N–H and O–H groups in total. The summed E-state index contributed by atoms with van der Waals surface area (Å²) in [5, 5.41) is 18.7. The molecule has 0 aliphatic carbocycles. The smallest absolute Gasteiger partial charge is 0.129 e. The van der Waals surface area contributed by atoms with E-state index in [2.05, 4.69) is 5.43 Å². The Morgan fingerprint density at radius 1 is 1.27 bits per heavy atom. The van der Waals surface area contributed by atoms with Gasteiger partial charge in [-0.3, -0.25) is 11.3 Å². The van der Waals surface area contributed by atoms with Gasteiger partial charge in [0, 0.05) is 6.54 Å². The predicted molar refractivity (Wildman–Crippen MR) is 61.9 cm³/mol. The molecule has 0 amide bonds. The van der Waals surface area contributed by atoms with E-state index < -0.39 is 0 Å². The Kier molecular flexibility index (Phi) is 5.31. The van der Waals surface area contributed by atoms with Crippen molar-refractivity contribution in [1.29, 1.82) is 0 Å². The fourth-order valence-corrected chi connectivity index (χ4v) is 2.12. The summed E-state index contributed by atoms with van der Waals surface area (Å²) >= 11 is 1.53. The van der Waals surface area contributed by atoms with Crippen molar-refractivity contribution in [3.63, 3.8) is 0 Å². The molecule has 15 heavy (non-hydrogen) atoms. The van der Waals surface area contributed by atoms with Crippen LogP contribution in [0.15, 0.2) is 23.1 Å². The molecule has 0 aliphatic rings. The van der Waals surface area contributed by atoms with Gasteiger partial charge < -0.3 is 10.2 Å². The number of aromatic hydroxyl groups is 2. The van der Waals surface area contributed by atoms with Crippen molar-refractivity contribution < 1.29 is 10.2 Å². The van der Waals surface area contributed by atoms with Crippen molar-refractivity contribution in [3.8, 4) is 11.5 Å². The maximum absolute atomic E-state index is 9.47. The standard InChI is InChI=1S/C10H16N2O2S/c11-12-5-1-2-6-15-10-7-8(13)3-4-9(10)14/h3-4,7,12-14H,1-2,5-6,11H2. The number of rotatable bonds is 6. The number of phenolic OH excluding ortho intramolecular Hbond substituents is 2. The molecule has 1 aromatic carbocycles. The van der Waals surface area contributed by atoms with Gasteiger partial charge in [-0.2, -0.15) is 0 Å². The van der Waals surface area contributed by atoms with Gasteiger partial charge in [-0.1, -0.05) is 0 Å². The molecule has 0 spiro atoms. The third-order valence-electron chi connectivity index (χ3n) is 1.92. The van der Waals surface area contributed by atoms with Crippen LogP contribution in [0.4, 0.5) is 0 Å². The van der Waals surface area contributed by atoms with Crippen LogP contribution in [-0.4, -0.2) is 22.5 Å². The van der Waals surface area contributed by atoms with Crippen molar-refractivity contribution in [1.82, 2.24) is 5.43 Å². The number of nitrogens with one attached hydrogen (secondary N) is 1. The van der Waals surface area contributed by atoms with Crippen LogP contribution in [0.25, 0.3) is 0 Å². The van der Waals surface area contributed by atoms with E-state index in [1.807, 2.05) is 0 Å². The highest BCUT2D eigenvalue weighted by Crippen LogP contribution is 2.31. The van der Waals surface area contributed by atoms with Crippen molar-refractivity contribution in [3.05, 3.63) is 18.2 Å². The highest BCUT2D eigenvalue weighted by atomic mass is 32.2. The average Bonchev–Trinajstić information content (AvgIpc) is 2.23. The van der Waals surface area contributed by atoms with E-state index in [0.29, 0.717) is 0 Å². The molecule has 0 aliphatic heterocycles. The van der Waals surface area contributed by atoms with Crippen LogP contribution in [-0.2, 0) is 0 Å². The molecule has 0 bridgehead atoms. The second-order valence-electron chi connectivity index (χ2n) is 3.16. The Morgan fingerprint density at radius 2 is 2.07 bits per heavy atom. The summed E-state index contributed by atoms with van der Waals surface area (Å²) in [5.41, 5.74) is 2.59. The van der Waals surface area contributed by atoms with E-state index in [1.165, 1.54) is 23.9 Å². The number of thioether (sulfide) groups is 1. The van der Waals surface area contributed by atoms with Gasteiger partial charge in [0.05, 0.1) is 4.90 Å². The molecule has 5 heteroatoms. The molecule has 0 saturated carbocycles. The van der Waals surface area contributed by atoms with Gasteiger partial charge in [-0.15, -0.1) is 11.8 Å². The molecule has 0 heterocycles. The summed E-state index contributed by atoms with van der Waals surface area (Å²) in [7, 11) is 0. The summed E-state index contributed by atoms with van der Waals surface area (Å²) in [4.78, 5) is 0.718. The predicted octanol–water partition coefficient (Wildman–Crippen LogP) is 1.43. The lowest BCUT2D eigenvalue weighted by atomic mass is 10.3. The van der Waals surface area contributed by atoms with E-state index in [9.17, 15) is 10.2 Å². The zero-order chi connectivity index (χ0) is 11.1. The van der Waals surface area contributed by atoms with Crippen molar-refractivity contribution in [2.24, 2.45) is 5.84 Å². The Morgan fingerprint density at radius 3 is 2.80 bits per heavy atom. The molecule has 0 aromatic heterocycles. The Labute approximate surface area is 93.5 Å². The Hall–Kier alpha value is -0.910. The zero-order valence-corrected chi connectivity index (χ0v) is 9.26. The maximum Gasteiger partial charge on any atom is 0.129 e. The van der Waals surface area contributed by atoms with Gasteiger partial charge in [-0.25, -0.2) is 0 Å². The number of benzene rings is 1. The van der Waals surface area contributed by atoms with E-state index >= 15 is 0 Å². The number of phenols is 2. The molecule has 1 aromatic rings. The molecule has 0 unspecified atom stereocenters. The first-order valence-electron chi connectivity index (χ1n) is 4.82. The molecule has 0 saturated heterocycles. The minimum atomic E-state index is 0.180. The number of unbranched alkanes of at least 4 members (excludes halogenated alkanes) is 1. The average molecular weight is 228 g/mol. The summed E-state index contributed by atoms with van der Waals surface area (Å²) in [6.45, 7) is 0.798. The quantitative estimate of drug-likeness (QED) is 0.195. The normalized spacial score (nSPS) is 10.5. The van der Waals surface area contributed by atoms with E-state index in [4.69, 9.17) is 5.84 Å². The second-order valence-corrected chi connectivity index (χ2v) is 4.30. The molecule has 84 valence electrons. The highest BCUT2D eigenvalue weighted by molar-refractivity contribution is 7.99. The molecule has 0 radical (unpaired) electrons. The monoisotopic (exact) mass is 228 g/mol. The zero-order valence-electron chi connectivity index (χ0n) is 8.44. The van der Waals surface area contributed by atoms with Crippen LogP contribution in [0.1, 0.15) is 12.8 Å². The summed E-state index contributed by atoms with van der Waals surface area (Å²) in [5.74, 6) is 6.43. The molecule has 1 rings (SSSR count). The van der Waals surface area contributed by atoms with Crippen LogP contribution < -0.4 is 11.3 Å².